The molecule has 8 nitrogen and oxygen atoms in total. The Morgan fingerprint density at radius 1 is 1.07 bits per heavy atom. The Labute approximate surface area is 177 Å². The summed E-state index contributed by atoms with van der Waals surface area (Å²) < 4.78 is 18.5. The van der Waals surface area contributed by atoms with E-state index in [1.54, 1.807) is 0 Å². The molecule has 1 aliphatic rings. The molecule has 0 spiro atoms. The van der Waals surface area contributed by atoms with E-state index in [0.717, 1.165) is 16.8 Å². The average Bonchev–Trinajstić information content (AvgIpc) is 3.26. The molecule has 4 N–H and O–H groups in total. The van der Waals surface area contributed by atoms with Gasteiger partial charge in [0.1, 0.15) is 11.6 Å². The molecule has 30 heavy (non-hydrogen) atoms. The first-order chi connectivity index (χ1) is 14.6. The van der Waals surface area contributed by atoms with Crippen LogP contribution in [0.2, 0.25) is 0 Å². The summed E-state index contributed by atoms with van der Waals surface area (Å²) in [4.78, 5) is 7.28. The van der Waals surface area contributed by atoms with Gasteiger partial charge in [0.15, 0.2) is 10.6 Å². The minimum atomic E-state index is -1.22. The van der Waals surface area contributed by atoms with E-state index in [1.807, 2.05) is 66.5 Å². The van der Waals surface area contributed by atoms with Gasteiger partial charge in [0.05, 0.1) is 17.8 Å². The third-order valence-electron chi connectivity index (χ3n) is 4.68. The Kier molecular flexibility index (Phi) is 5.84. The SMILES string of the molecule is CN1CC(c2ccccc2[S+]([O-])CCN)=NC(c2nnc(-c3ccccc3)o2)=C1N. The van der Waals surface area contributed by atoms with Gasteiger partial charge in [-0.15, -0.1) is 10.2 Å². The van der Waals surface area contributed by atoms with Crippen molar-refractivity contribution in [1.82, 2.24) is 15.1 Å². The lowest BCUT2D eigenvalue weighted by atomic mass is 10.1. The van der Waals surface area contributed by atoms with E-state index in [0.29, 0.717) is 41.1 Å². The molecule has 1 aromatic heterocycles. The van der Waals surface area contributed by atoms with Crippen LogP contribution in [0.3, 0.4) is 0 Å². The van der Waals surface area contributed by atoms with Crippen molar-refractivity contribution in [2.24, 2.45) is 16.5 Å². The molecule has 0 saturated heterocycles. The predicted octanol–water partition coefficient (Wildman–Crippen LogP) is 1.82. The number of aromatic nitrogens is 2. The maximum absolute atomic E-state index is 12.7. The molecule has 2 heterocycles. The number of nitrogens with zero attached hydrogens (tertiary/aromatic N) is 4. The fourth-order valence-corrected chi connectivity index (χ4v) is 4.25. The molecular formula is C21H22N6O2S. The number of rotatable bonds is 6. The van der Waals surface area contributed by atoms with Gasteiger partial charge in [0.25, 0.3) is 5.89 Å². The number of likely N-dealkylation sites (N-methyl/N-ethyl adjacent to an activating group) is 1. The molecule has 0 saturated carbocycles. The van der Waals surface area contributed by atoms with E-state index >= 15 is 0 Å². The van der Waals surface area contributed by atoms with Crippen molar-refractivity contribution >= 4 is 22.6 Å². The third-order valence-corrected chi connectivity index (χ3v) is 6.14. The molecule has 0 fully saturated rings. The first-order valence-electron chi connectivity index (χ1n) is 9.44. The van der Waals surface area contributed by atoms with Gasteiger partial charge in [-0.05, 0) is 35.4 Å². The van der Waals surface area contributed by atoms with Crippen molar-refractivity contribution in [2.75, 3.05) is 25.9 Å². The molecule has 9 heteroatoms. The van der Waals surface area contributed by atoms with Crippen LogP contribution in [-0.2, 0) is 11.2 Å². The Morgan fingerprint density at radius 3 is 2.53 bits per heavy atom. The fraction of sp³-hybridized carbons (Fsp3) is 0.190. The molecular weight excluding hydrogens is 400 g/mol. The zero-order chi connectivity index (χ0) is 21.1. The van der Waals surface area contributed by atoms with Crippen LogP contribution >= 0.6 is 0 Å². The molecule has 1 atom stereocenters. The lowest BCUT2D eigenvalue weighted by molar-refractivity contribution is 0.461. The van der Waals surface area contributed by atoms with Crippen molar-refractivity contribution in [3.8, 4) is 11.5 Å². The van der Waals surface area contributed by atoms with E-state index in [2.05, 4.69) is 10.2 Å². The predicted molar refractivity (Wildman–Crippen MR) is 117 cm³/mol. The first kappa shape index (κ1) is 20.1. The van der Waals surface area contributed by atoms with Crippen LogP contribution in [0.25, 0.3) is 17.2 Å². The van der Waals surface area contributed by atoms with Crippen molar-refractivity contribution in [3.05, 3.63) is 71.9 Å². The van der Waals surface area contributed by atoms with Crippen LogP contribution in [0, 0.1) is 0 Å². The van der Waals surface area contributed by atoms with Gasteiger partial charge in [-0.3, -0.25) is 0 Å². The van der Waals surface area contributed by atoms with E-state index in [-0.39, 0.29) is 5.89 Å². The summed E-state index contributed by atoms with van der Waals surface area (Å²) >= 11 is -1.22. The molecule has 1 aliphatic heterocycles. The second kappa shape index (κ2) is 8.70. The van der Waals surface area contributed by atoms with Crippen LogP contribution < -0.4 is 11.5 Å². The largest absolute Gasteiger partial charge is 0.611 e. The van der Waals surface area contributed by atoms with Gasteiger partial charge in [-0.1, -0.05) is 30.3 Å². The Bertz CT molecular complexity index is 1100. The van der Waals surface area contributed by atoms with Crippen molar-refractivity contribution < 1.29 is 8.97 Å². The zero-order valence-corrected chi connectivity index (χ0v) is 17.3. The molecule has 0 amide bonds. The first-order valence-corrected chi connectivity index (χ1v) is 10.8. The molecule has 2 aromatic carbocycles. The van der Waals surface area contributed by atoms with Crippen molar-refractivity contribution in [2.45, 2.75) is 4.90 Å². The maximum atomic E-state index is 12.7. The van der Waals surface area contributed by atoms with E-state index < -0.39 is 11.2 Å². The number of nitrogens with two attached hydrogens (primary N) is 2. The lowest BCUT2D eigenvalue weighted by Crippen LogP contribution is -2.34. The summed E-state index contributed by atoms with van der Waals surface area (Å²) in [5, 5.41) is 8.28. The number of hydrogen-bond donors (Lipinski definition) is 2. The highest BCUT2D eigenvalue weighted by atomic mass is 32.2. The second-order valence-electron chi connectivity index (χ2n) is 6.76. The number of benzene rings is 2. The van der Waals surface area contributed by atoms with Crippen LogP contribution in [0.5, 0.6) is 0 Å². The minimum absolute atomic E-state index is 0.232. The second-order valence-corrected chi connectivity index (χ2v) is 8.30. The van der Waals surface area contributed by atoms with E-state index in [9.17, 15) is 4.55 Å². The van der Waals surface area contributed by atoms with Gasteiger partial charge < -0.3 is 25.3 Å². The van der Waals surface area contributed by atoms with Crippen LogP contribution in [0.1, 0.15) is 11.5 Å². The number of aliphatic imine (C=N–C) groups is 1. The van der Waals surface area contributed by atoms with E-state index in [4.69, 9.17) is 20.9 Å². The molecule has 3 aromatic rings. The standard InChI is InChI=1S/C21H22N6O2S/c1-27-13-16(15-9-5-6-10-17(15)30(28)12-11-22)24-18(19(27)23)21-26-25-20(29-21)14-7-3-2-4-8-14/h2-10H,11-13,22-23H2,1H3. The van der Waals surface area contributed by atoms with Crippen molar-refractivity contribution in [1.29, 1.82) is 0 Å². The number of hydrogen-bond acceptors (Lipinski definition) is 8. The monoisotopic (exact) mass is 422 g/mol. The normalized spacial score (nSPS) is 15.3. The minimum Gasteiger partial charge on any atom is -0.611 e. The molecule has 4 rings (SSSR count). The highest BCUT2D eigenvalue weighted by Gasteiger charge is 2.27. The van der Waals surface area contributed by atoms with Crippen molar-refractivity contribution in [3.63, 3.8) is 0 Å². The summed E-state index contributed by atoms with van der Waals surface area (Å²) in [5.74, 6) is 1.44. The van der Waals surface area contributed by atoms with Crippen LogP contribution in [0.15, 0.2) is 74.7 Å². The lowest BCUT2D eigenvalue weighted by Gasteiger charge is -2.26. The maximum Gasteiger partial charge on any atom is 0.270 e. The fourth-order valence-electron chi connectivity index (χ4n) is 3.16. The zero-order valence-electron chi connectivity index (χ0n) is 16.5. The van der Waals surface area contributed by atoms with Gasteiger partial charge in [-0.25, -0.2) is 4.99 Å². The molecule has 0 bridgehead atoms. The Balaban J connectivity index is 1.74. The quantitative estimate of drug-likeness (QED) is 0.580. The summed E-state index contributed by atoms with van der Waals surface area (Å²) in [5.41, 5.74) is 14.6. The van der Waals surface area contributed by atoms with Crippen LogP contribution in [-0.4, -0.2) is 51.3 Å². The van der Waals surface area contributed by atoms with Gasteiger partial charge >= 0.3 is 0 Å². The highest BCUT2D eigenvalue weighted by molar-refractivity contribution is 7.91. The molecule has 0 radical (unpaired) electrons. The molecule has 0 aliphatic carbocycles. The highest BCUT2D eigenvalue weighted by Crippen LogP contribution is 2.28. The Hall–Kier alpha value is -3.14. The van der Waals surface area contributed by atoms with Gasteiger partial charge in [0.2, 0.25) is 5.89 Å². The average molecular weight is 423 g/mol. The van der Waals surface area contributed by atoms with Gasteiger partial charge in [0, 0.05) is 19.2 Å². The third kappa shape index (κ3) is 3.95. The topological polar surface area (TPSA) is 130 Å². The van der Waals surface area contributed by atoms with E-state index in [1.165, 1.54) is 0 Å². The molecule has 154 valence electrons. The summed E-state index contributed by atoms with van der Waals surface area (Å²) in [6.07, 6.45) is 0. The molecule has 1 unspecified atom stereocenters. The summed E-state index contributed by atoms with van der Waals surface area (Å²) in [6.45, 7) is 0.807. The van der Waals surface area contributed by atoms with Crippen LogP contribution in [0.4, 0.5) is 0 Å². The summed E-state index contributed by atoms with van der Waals surface area (Å²) in [7, 11) is 1.86. The smallest absolute Gasteiger partial charge is 0.270 e. The summed E-state index contributed by atoms with van der Waals surface area (Å²) in [6, 6.07) is 17.0. The van der Waals surface area contributed by atoms with Gasteiger partial charge in [-0.2, -0.15) is 0 Å². The Morgan fingerprint density at radius 2 is 1.77 bits per heavy atom.